The highest BCUT2D eigenvalue weighted by atomic mass is 32.2. The van der Waals surface area contributed by atoms with Crippen molar-refractivity contribution < 1.29 is 17.9 Å². The van der Waals surface area contributed by atoms with Gasteiger partial charge in [0, 0.05) is 24.7 Å². The summed E-state index contributed by atoms with van der Waals surface area (Å²) in [5.74, 6) is 0.210. The molecule has 2 aliphatic heterocycles. The molecule has 1 saturated heterocycles. The van der Waals surface area contributed by atoms with Crippen molar-refractivity contribution in [3.05, 3.63) is 29.3 Å². The third kappa shape index (κ3) is 3.67. The van der Waals surface area contributed by atoms with E-state index in [-0.39, 0.29) is 17.9 Å². The number of fused-ring (bicyclic) bond motifs is 1. The number of carbonyl (C=O) groups excluding carboxylic acids is 1. The first-order valence-electron chi connectivity index (χ1n) is 8.96. The number of piperidine rings is 1. The molecule has 7 heteroatoms. The molecule has 0 aliphatic carbocycles. The van der Waals surface area contributed by atoms with Crippen LogP contribution in [0.2, 0.25) is 0 Å². The van der Waals surface area contributed by atoms with E-state index in [4.69, 9.17) is 4.74 Å². The second-order valence-electron chi connectivity index (χ2n) is 6.81. The monoisotopic (exact) mass is 366 g/mol. The Hall–Kier alpha value is -1.60. The molecule has 2 heterocycles. The molecule has 3 rings (SSSR count). The normalized spacial score (nSPS) is 19.6. The molecule has 2 aliphatic rings. The van der Waals surface area contributed by atoms with Crippen molar-refractivity contribution in [3.8, 4) is 0 Å². The van der Waals surface area contributed by atoms with Gasteiger partial charge in [-0.05, 0) is 31.7 Å². The largest absolute Gasteiger partial charge is 0.444 e. The number of para-hydroxylation sites is 1. The predicted molar refractivity (Wildman–Crippen MR) is 97.1 cm³/mol. The number of anilines is 1. The van der Waals surface area contributed by atoms with Crippen LogP contribution in [0.15, 0.2) is 18.2 Å². The summed E-state index contributed by atoms with van der Waals surface area (Å²) in [4.78, 5) is 14.1. The number of benzene rings is 1. The van der Waals surface area contributed by atoms with Crippen molar-refractivity contribution in [2.24, 2.45) is 0 Å². The van der Waals surface area contributed by atoms with E-state index in [1.54, 1.807) is 9.21 Å². The first-order valence-corrected chi connectivity index (χ1v) is 10.6. The molecule has 0 saturated carbocycles. The maximum atomic E-state index is 12.4. The second-order valence-corrected chi connectivity index (χ2v) is 8.90. The van der Waals surface area contributed by atoms with Gasteiger partial charge in [0.05, 0.1) is 11.4 Å². The van der Waals surface area contributed by atoms with Crippen LogP contribution in [0, 0.1) is 6.92 Å². The second kappa shape index (κ2) is 7.33. The van der Waals surface area contributed by atoms with Gasteiger partial charge in [0.25, 0.3) is 0 Å². The van der Waals surface area contributed by atoms with Crippen molar-refractivity contribution in [1.82, 2.24) is 4.31 Å². The molecule has 6 nitrogen and oxygen atoms in total. The molecule has 0 N–H and O–H groups in total. The molecule has 0 atom stereocenters. The minimum Gasteiger partial charge on any atom is -0.444 e. The van der Waals surface area contributed by atoms with E-state index >= 15 is 0 Å². The number of aryl methyl sites for hydroxylation is 1. The Balaban J connectivity index is 1.75. The Kier molecular flexibility index (Phi) is 5.34. The van der Waals surface area contributed by atoms with E-state index in [9.17, 15) is 13.2 Å². The highest BCUT2D eigenvalue weighted by Gasteiger charge is 2.37. The number of hydrogen-bond donors (Lipinski definition) is 0. The summed E-state index contributed by atoms with van der Waals surface area (Å²) in [5, 5.41) is 0. The molecular formula is C18H26N2O4S. The van der Waals surface area contributed by atoms with Gasteiger partial charge in [-0.25, -0.2) is 17.5 Å². The summed E-state index contributed by atoms with van der Waals surface area (Å²) in [6.07, 6.45) is 2.50. The number of unbranched alkanes of at least 4 members (excludes halogenated alkanes) is 1. The van der Waals surface area contributed by atoms with Gasteiger partial charge in [-0.1, -0.05) is 31.5 Å². The Bertz CT molecular complexity index is 739. The van der Waals surface area contributed by atoms with Crippen molar-refractivity contribution in [1.29, 1.82) is 0 Å². The van der Waals surface area contributed by atoms with Crippen molar-refractivity contribution >= 4 is 21.8 Å². The molecule has 0 spiro atoms. The predicted octanol–water partition coefficient (Wildman–Crippen LogP) is 3.05. The van der Waals surface area contributed by atoms with E-state index < -0.39 is 10.0 Å². The molecule has 0 bridgehead atoms. The molecular weight excluding hydrogens is 340 g/mol. The van der Waals surface area contributed by atoms with Crippen molar-refractivity contribution in [2.45, 2.75) is 52.2 Å². The average molecular weight is 366 g/mol. The fourth-order valence-electron chi connectivity index (χ4n) is 3.65. The molecule has 1 aromatic carbocycles. The quantitative estimate of drug-likeness (QED) is 0.803. The van der Waals surface area contributed by atoms with Gasteiger partial charge >= 0.3 is 6.09 Å². The number of carbonyl (C=O) groups is 1. The summed E-state index contributed by atoms with van der Waals surface area (Å²) in [7, 11) is -3.18. The first-order chi connectivity index (χ1) is 11.9. The first kappa shape index (κ1) is 18.2. The van der Waals surface area contributed by atoms with Crippen molar-refractivity contribution in [2.75, 3.05) is 23.7 Å². The fourth-order valence-corrected chi connectivity index (χ4v) is 5.33. The van der Waals surface area contributed by atoms with Crippen LogP contribution >= 0.6 is 0 Å². The SMILES string of the molecule is CCCCS(=O)(=O)N1CCC(N2C(=O)OCc3cccc(C)c32)CC1. The Morgan fingerprint density at radius 1 is 1.24 bits per heavy atom. The Morgan fingerprint density at radius 2 is 1.96 bits per heavy atom. The zero-order valence-electron chi connectivity index (χ0n) is 14.9. The third-order valence-electron chi connectivity index (χ3n) is 5.05. The summed E-state index contributed by atoms with van der Waals surface area (Å²) in [5.41, 5.74) is 3.00. The van der Waals surface area contributed by atoms with Gasteiger partial charge in [-0.2, -0.15) is 0 Å². The summed E-state index contributed by atoms with van der Waals surface area (Å²) >= 11 is 0. The number of ether oxygens (including phenoxy) is 1. The summed E-state index contributed by atoms with van der Waals surface area (Å²) < 4.78 is 31.6. The maximum Gasteiger partial charge on any atom is 0.414 e. The van der Waals surface area contributed by atoms with Crippen LogP contribution in [0.1, 0.15) is 43.7 Å². The van der Waals surface area contributed by atoms with Crippen LogP contribution in [0.25, 0.3) is 0 Å². The number of rotatable bonds is 5. The summed E-state index contributed by atoms with van der Waals surface area (Å²) in [6, 6.07) is 5.92. The zero-order chi connectivity index (χ0) is 18.0. The lowest BCUT2D eigenvalue weighted by molar-refractivity contribution is 0.135. The number of nitrogens with zero attached hydrogens (tertiary/aromatic N) is 2. The molecule has 138 valence electrons. The van der Waals surface area contributed by atoms with Crippen molar-refractivity contribution in [3.63, 3.8) is 0 Å². The molecule has 1 fully saturated rings. The summed E-state index contributed by atoms with van der Waals surface area (Å²) in [6.45, 7) is 5.21. The number of sulfonamides is 1. The standard InChI is InChI=1S/C18H26N2O4S/c1-3-4-12-25(22,23)19-10-8-16(9-11-19)20-17-14(2)6-5-7-15(17)13-24-18(20)21/h5-7,16H,3-4,8-13H2,1-2H3. The molecule has 0 radical (unpaired) electrons. The Labute approximate surface area is 149 Å². The van der Waals surface area contributed by atoms with Crippen LogP contribution in [-0.4, -0.2) is 43.7 Å². The highest BCUT2D eigenvalue weighted by molar-refractivity contribution is 7.89. The van der Waals surface area contributed by atoms with E-state index in [0.717, 1.165) is 23.2 Å². The van der Waals surface area contributed by atoms with Crippen LogP contribution in [-0.2, 0) is 21.4 Å². The molecule has 0 unspecified atom stereocenters. The lowest BCUT2D eigenvalue weighted by atomic mass is 10.00. The minimum absolute atomic E-state index is 0.0229. The van der Waals surface area contributed by atoms with Gasteiger partial charge in [-0.15, -0.1) is 0 Å². The van der Waals surface area contributed by atoms with E-state index in [1.165, 1.54) is 0 Å². The van der Waals surface area contributed by atoms with E-state index in [2.05, 4.69) is 0 Å². The number of amides is 1. The molecule has 1 aromatic rings. The van der Waals surface area contributed by atoms with Gasteiger partial charge in [0.15, 0.2) is 0 Å². The maximum absolute atomic E-state index is 12.4. The van der Waals surface area contributed by atoms with Gasteiger partial charge in [-0.3, -0.25) is 4.90 Å². The van der Waals surface area contributed by atoms with Gasteiger partial charge in [0.1, 0.15) is 6.61 Å². The van der Waals surface area contributed by atoms with Crippen LogP contribution in [0.4, 0.5) is 10.5 Å². The molecule has 25 heavy (non-hydrogen) atoms. The number of cyclic esters (lactones) is 1. The molecule has 0 aromatic heterocycles. The zero-order valence-corrected chi connectivity index (χ0v) is 15.7. The minimum atomic E-state index is -3.18. The van der Waals surface area contributed by atoms with Crippen LogP contribution in [0.5, 0.6) is 0 Å². The lowest BCUT2D eigenvalue weighted by Crippen LogP contribution is -2.51. The molecule has 1 amide bonds. The topological polar surface area (TPSA) is 66.9 Å². The fraction of sp³-hybridized carbons (Fsp3) is 0.611. The van der Waals surface area contributed by atoms with Crippen LogP contribution in [0.3, 0.4) is 0 Å². The highest BCUT2D eigenvalue weighted by Crippen LogP contribution is 2.34. The van der Waals surface area contributed by atoms with E-state index in [1.807, 2.05) is 32.0 Å². The van der Waals surface area contributed by atoms with E-state index in [0.29, 0.717) is 39.0 Å². The lowest BCUT2D eigenvalue weighted by Gasteiger charge is -2.40. The van der Waals surface area contributed by atoms with Crippen LogP contribution < -0.4 is 4.90 Å². The van der Waals surface area contributed by atoms with Gasteiger partial charge in [0.2, 0.25) is 10.0 Å². The Morgan fingerprint density at radius 3 is 2.64 bits per heavy atom. The average Bonchev–Trinajstić information content (AvgIpc) is 2.61. The smallest absolute Gasteiger partial charge is 0.414 e. The number of hydrogen-bond acceptors (Lipinski definition) is 4. The third-order valence-corrected chi connectivity index (χ3v) is 7.00. The van der Waals surface area contributed by atoms with Gasteiger partial charge < -0.3 is 4.74 Å².